The van der Waals surface area contributed by atoms with Gasteiger partial charge in [-0.25, -0.2) is 21.2 Å². The summed E-state index contributed by atoms with van der Waals surface area (Å²) in [6, 6.07) is 5.66. The molecule has 0 bridgehead atoms. The number of hydrogen-bond acceptors (Lipinski definition) is 5. The molecule has 0 aliphatic rings. The molecule has 27 heavy (non-hydrogen) atoms. The number of aromatic nitrogens is 2. The number of hydrogen-bond donors (Lipinski definition) is 1. The Bertz CT molecular complexity index is 1090. The summed E-state index contributed by atoms with van der Waals surface area (Å²) in [6.45, 7) is 1.17. The molecule has 142 valence electrons. The fraction of sp³-hybridized carbons (Fsp3) is 0.167. The van der Waals surface area contributed by atoms with Gasteiger partial charge < -0.3 is 9.84 Å². The summed E-state index contributed by atoms with van der Waals surface area (Å²) in [5, 5.41) is 9.57. The summed E-state index contributed by atoms with van der Waals surface area (Å²) in [5.41, 5.74) is 0.427. The molecule has 0 saturated carbocycles. The summed E-state index contributed by atoms with van der Waals surface area (Å²) in [7, 11) is -2.91. The highest BCUT2D eigenvalue weighted by molar-refractivity contribution is 7.90. The minimum atomic E-state index is -4.18. The van der Waals surface area contributed by atoms with E-state index in [9.17, 15) is 22.3 Å². The maximum atomic E-state index is 14.4. The standard InChI is InChI=1S/C18H16F2N2O4S/c1-11-3-5-14(8-21-11)27(24,25)22-9-12(10-23)18(26-2)17(22)15-6-4-13(19)7-16(15)20/h3-9,23H,10H2,1-2H3. The van der Waals surface area contributed by atoms with E-state index in [1.165, 1.54) is 25.4 Å². The van der Waals surface area contributed by atoms with Gasteiger partial charge in [0.05, 0.1) is 13.7 Å². The Morgan fingerprint density at radius 3 is 2.52 bits per heavy atom. The summed E-state index contributed by atoms with van der Waals surface area (Å²) in [5.74, 6) is -1.79. The van der Waals surface area contributed by atoms with Crippen LogP contribution >= 0.6 is 0 Å². The molecule has 9 heteroatoms. The summed E-state index contributed by atoms with van der Waals surface area (Å²) >= 11 is 0. The van der Waals surface area contributed by atoms with E-state index in [4.69, 9.17) is 4.74 Å². The molecular weight excluding hydrogens is 378 g/mol. The van der Waals surface area contributed by atoms with E-state index < -0.39 is 28.3 Å². The largest absolute Gasteiger partial charge is 0.494 e. The number of pyridine rings is 1. The molecule has 3 aromatic rings. The predicted octanol–water partition coefficient (Wildman–Crippen LogP) is 2.87. The molecule has 0 aliphatic carbocycles. The molecule has 0 radical (unpaired) electrons. The van der Waals surface area contributed by atoms with Crippen LogP contribution in [0.15, 0.2) is 47.6 Å². The molecule has 0 unspecified atom stereocenters. The fourth-order valence-electron chi connectivity index (χ4n) is 2.69. The van der Waals surface area contributed by atoms with Crippen LogP contribution in [-0.2, 0) is 16.6 Å². The van der Waals surface area contributed by atoms with Crippen LogP contribution in [0.4, 0.5) is 8.78 Å². The third kappa shape index (κ3) is 3.31. The van der Waals surface area contributed by atoms with Crippen LogP contribution in [0.3, 0.4) is 0 Å². The van der Waals surface area contributed by atoms with Crippen molar-refractivity contribution >= 4 is 10.0 Å². The van der Waals surface area contributed by atoms with Gasteiger partial charge in [0.2, 0.25) is 0 Å². The van der Waals surface area contributed by atoms with Gasteiger partial charge in [0.15, 0.2) is 5.75 Å². The Labute approximate surface area is 154 Å². The van der Waals surface area contributed by atoms with Crippen LogP contribution in [0, 0.1) is 18.6 Å². The van der Waals surface area contributed by atoms with Crippen LogP contribution < -0.4 is 4.74 Å². The molecule has 0 fully saturated rings. The monoisotopic (exact) mass is 394 g/mol. The predicted molar refractivity (Wildman–Crippen MR) is 93.8 cm³/mol. The van der Waals surface area contributed by atoms with Crippen molar-refractivity contribution in [3.8, 4) is 17.0 Å². The van der Waals surface area contributed by atoms with E-state index in [-0.39, 0.29) is 27.5 Å². The van der Waals surface area contributed by atoms with Gasteiger partial charge in [0.25, 0.3) is 10.0 Å². The van der Waals surface area contributed by atoms with Crippen molar-refractivity contribution in [2.24, 2.45) is 0 Å². The first-order valence-electron chi connectivity index (χ1n) is 7.82. The van der Waals surface area contributed by atoms with Gasteiger partial charge in [-0.15, -0.1) is 0 Å². The minimum absolute atomic E-state index is 0.0216. The van der Waals surface area contributed by atoms with Gasteiger partial charge in [-0.3, -0.25) is 4.98 Å². The quantitative estimate of drug-likeness (QED) is 0.720. The Balaban J connectivity index is 2.33. The molecule has 0 aliphatic heterocycles. The van der Waals surface area contributed by atoms with Gasteiger partial charge >= 0.3 is 0 Å². The van der Waals surface area contributed by atoms with Crippen LogP contribution in [-0.4, -0.2) is 29.6 Å². The molecule has 2 heterocycles. The molecule has 2 aromatic heterocycles. The number of nitrogens with zero attached hydrogens (tertiary/aromatic N) is 2. The molecule has 0 amide bonds. The molecule has 6 nitrogen and oxygen atoms in total. The first-order chi connectivity index (χ1) is 12.8. The van der Waals surface area contributed by atoms with E-state index in [2.05, 4.69) is 4.98 Å². The zero-order chi connectivity index (χ0) is 19.8. The number of ether oxygens (including phenoxy) is 1. The van der Waals surface area contributed by atoms with Crippen molar-refractivity contribution in [1.82, 2.24) is 8.96 Å². The molecular formula is C18H16F2N2O4S. The lowest BCUT2D eigenvalue weighted by Crippen LogP contribution is -2.14. The van der Waals surface area contributed by atoms with Gasteiger partial charge in [0.1, 0.15) is 22.2 Å². The second kappa shape index (κ2) is 7.09. The second-order valence-electron chi connectivity index (χ2n) is 5.75. The highest BCUT2D eigenvalue weighted by Gasteiger charge is 2.28. The smallest absolute Gasteiger partial charge is 0.269 e. The Hall–Kier alpha value is -2.78. The van der Waals surface area contributed by atoms with Crippen LogP contribution in [0.1, 0.15) is 11.3 Å². The van der Waals surface area contributed by atoms with E-state index in [1.54, 1.807) is 6.92 Å². The van der Waals surface area contributed by atoms with E-state index >= 15 is 0 Å². The lowest BCUT2D eigenvalue weighted by molar-refractivity contribution is 0.274. The Morgan fingerprint density at radius 2 is 1.96 bits per heavy atom. The Kier molecular flexibility index (Phi) is 4.99. The fourth-order valence-corrected chi connectivity index (χ4v) is 4.03. The topological polar surface area (TPSA) is 81.4 Å². The molecule has 0 spiro atoms. The highest BCUT2D eigenvalue weighted by Crippen LogP contribution is 2.38. The van der Waals surface area contributed by atoms with Crippen molar-refractivity contribution in [2.45, 2.75) is 18.4 Å². The Morgan fingerprint density at radius 1 is 1.22 bits per heavy atom. The molecule has 0 saturated heterocycles. The van der Waals surface area contributed by atoms with Crippen LogP contribution in [0.25, 0.3) is 11.3 Å². The number of methoxy groups -OCH3 is 1. The van der Waals surface area contributed by atoms with E-state index in [0.717, 1.165) is 22.3 Å². The van der Waals surface area contributed by atoms with E-state index in [0.29, 0.717) is 11.8 Å². The number of benzene rings is 1. The van der Waals surface area contributed by atoms with Crippen molar-refractivity contribution in [2.75, 3.05) is 7.11 Å². The lowest BCUT2D eigenvalue weighted by Gasteiger charge is -2.13. The van der Waals surface area contributed by atoms with Crippen LogP contribution in [0.5, 0.6) is 5.75 Å². The van der Waals surface area contributed by atoms with Crippen molar-refractivity contribution < 1.29 is 27.0 Å². The summed E-state index contributed by atoms with van der Waals surface area (Å²) in [6.07, 6.45) is 2.33. The van der Waals surface area contributed by atoms with Gasteiger partial charge in [-0.05, 0) is 31.2 Å². The van der Waals surface area contributed by atoms with Crippen molar-refractivity contribution in [1.29, 1.82) is 0 Å². The van der Waals surface area contributed by atoms with Gasteiger partial charge in [-0.1, -0.05) is 0 Å². The second-order valence-corrected chi connectivity index (χ2v) is 7.57. The number of halogens is 2. The third-order valence-electron chi connectivity index (χ3n) is 4.00. The van der Waals surface area contributed by atoms with Crippen molar-refractivity contribution in [3.05, 3.63) is 65.6 Å². The molecule has 1 aromatic carbocycles. The third-order valence-corrected chi connectivity index (χ3v) is 5.65. The average Bonchev–Trinajstić information content (AvgIpc) is 3.01. The molecule has 1 N–H and O–H groups in total. The first kappa shape index (κ1) is 19.0. The van der Waals surface area contributed by atoms with Crippen molar-refractivity contribution in [3.63, 3.8) is 0 Å². The lowest BCUT2D eigenvalue weighted by atomic mass is 10.1. The number of aliphatic hydroxyl groups is 1. The molecule has 0 atom stereocenters. The van der Waals surface area contributed by atoms with Gasteiger partial charge in [0, 0.05) is 35.3 Å². The zero-order valence-corrected chi connectivity index (χ0v) is 15.3. The summed E-state index contributed by atoms with van der Waals surface area (Å²) < 4.78 is 60.0. The highest BCUT2D eigenvalue weighted by atomic mass is 32.2. The van der Waals surface area contributed by atoms with E-state index in [1.807, 2.05) is 0 Å². The maximum Gasteiger partial charge on any atom is 0.269 e. The normalized spacial score (nSPS) is 11.6. The molecule has 3 rings (SSSR count). The SMILES string of the molecule is COc1c(CO)cn(S(=O)(=O)c2ccc(C)nc2)c1-c1ccc(F)cc1F. The maximum absolute atomic E-state index is 14.4. The number of rotatable bonds is 5. The number of aliphatic hydroxyl groups excluding tert-OH is 1. The van der Waals surface area contributed by atoms with Gasteiger partial charge in [-0.2, -0.15) is 0 Å². The first-order valence-corrected chi connectivity index (χ1v) is 9.26. The summed E-state index contributed by atoms with van der Waals surface area (Å²) in [4.78, 5) is 3.85. The van der Waals surface area contributed by atoms with Crippen LogP contribution in [0.2, 0.25) is 0 Å². The zero-order valence-electron chi connectivity index (χ0n) is 14.5. The minimum Gasteiger partial charge on any atom is -0.494 e. The average molecular weight is 394 g/mol. The number of aryl methyl sites for hydroxylation is 1.